The van der Waals surface area contributed by atoms with Crippen LogP contribution >= 0.6 is 0 Å². The van der Waals surface area contributed by atoms with E-state index >= 15 is 0 Å². The van der Waals surface area contributed by atoms with Crippen LogP contribution in [0.15, 0.2) is 30.3 Å². The summed E-state index contributed by atoms with van der Waals surface area (Å²) in [5, 5.41) is 15.5. The van der Waals surface area contributed by atoms with Crippen LogP contribution in [0.3, 0.4) is 0 Å². The number of nitrogens with one attached hydrogen (secondary N) is 2. The summed E-state index contributed by atoms with van der Waals surface area (Å²) in [6, 6.07) is 9.41. The Kier molecular flexibility index (Phi) is 11.8. The highest BCUT2D eigenvalue weighted by atomic mass is 16.6. The number of hydrogen-bond acceptors (Lipinski definition) is 6. The van der Waals surface area contributed by atoms with Gasteiger partial charge in [-0.15, -0.1) is 0 Å². The number of ketones is 1. The Morgan fingerprint density at radius 1 is 0.973 bits per heavy atom. The fourth-order valence-corrected chi connectivity index (χ4v) is 3.86. The molecule has 1 fully saturated rings. The van der Waals surface area contributed by atoms with Gasteiger partial charge in [-0.1, -0.05) is 37.3 Å². The molecule has 2 unspecified atom stereocenters. The van der Waals surface area contributed by atoms with E-state index in [1.165, 1.54) is 0 Å². The molecule has 0 saturated carbocycles. The van der Waals surface area contributed by atoms with E-state index in [0.717, 1.165) is 5.56 Å². The highest BCUT2D eigenvalue weighted by molar-refractivity contribution is 5.88. The van der Waals surface area contributed by atoms with Gasteiger partial charge in [-0.2, -0.15) is 0 Å². The van der Waals surface area contributed by atoms with E-state index in [4.69, 9.17) is 4.74 Å². The molecule has 1 aromatic rings. The largest absolute Gasteiger partial charge is 0.444 e. The molecule has 206 valence electrons. The maximum atomic E-state index is 12.4. The normalized spacial score (nSPS) is 15.5. The first kappa shape index (κ1) is 30.1. The maximum Gasteiger partial charge on any atom is 0.410 e. The van der Waals surface area contributed by atoms with E-state index < -0.39 is 17.5 Å². The first-order valence-corrected chi connectivity index (χ1v) is 13.0. The van der Waals surface area contributed by atoms with E-state index in [2.05, 4.69) is 10.6 Å². The van der Waals surface area contributed by atoms with E-state index in [1.807, 2.05) is 58.0 Å². The number of piperazine rings is 1. The lowest BCUT2D eigenvalue weighted by molar-refractivity contribution is -0.130. The number of ether oxygens (including phenoxy) is 1. The Labute approximate surface area is 219 Å². The molecule has 1 heterocycles. The zero-order valence-corrected chi connectivity index (χ0v) is 22.5. The summed E-state index contributed by atoms with van der Waals surface area (Å²) in [5.74, 6) is -0.668. The molecule has 3 N–H and O–H groups in total. The number of hydrogen-bond donors (Lipinski definition) is 3. The van der Waals surface area contributed by atoms with E-state index in [-0.39, 0.29) is 36.9 Å². The molecule has 0 aliphatic carbocycles. The smallest absolute Gasteiger partial charge is 0.410 e. The Hall–Kier alpha value is -3.14. The second-order valence-electron chi connectivity index (χ2n) is 10.6. The van der Waals surface area contributed by atoms with Gasteiger partial charge in [-0.3, -0.25) is 9.59 Å². The lowest BCUT2D eigenvalue weighted by Crippen LogP contribution is -2.54. The SMILES string of the molecule is CC(CCNC(=O)N1CCN(C(=O)OC(C)(C)C)CC1)CC(=O)NCC(=O)C(O)CCc1ccccc1. The van der Waals surface area contributed by atoms with Crippen LogP contribution in [0.2, 0.25) is 0 Å². The summed E-state index contributed by atoms with van der Waals surface area (Å²) < 4.78 is 5.37. The van der Waals surface area contributed by atoms with Crippen LogP contribution in [-0.2, 0) is 20.7 Å². The van der Waals surface area contributed by atoms with Crippen LogP contribution in [0.1, 0.15) is 52.5 Å². The van der Waals surface area contributed by atoms with Crippen LogP contribution in [0.5, 0.6) is 0 Å². The second-order valence-corrected chi connectivity index (χ2v) is 10.6. The van der Waals surface area contributed by atoms with Gasteiger partial charge in [0.25, 0.3) is 0 Å². The second kappa shape index (κ2) is 14.6. The van der Waals surface area contributed by atoms with Crippen LogP contribution in [-0.4, -0.2) is 89.7 Å². The van der Waals surface area contributed by atoms with E-state index in [0.29, 0.717) is 52.0 Å². The zero-order valence-electron chi connectivity index (χ0n) is 22.5. The molecule has 10 heteroatoms. The lowest BCUT2D eigenvalue weighted by atomic mass is 10.0. The summed E-state index contributed by atoms with van der Waals surface area (Å²) >= 11 is 0. The van der Waals surface area contributed by atoms with Crippen molar-refractivity contribution in [3.05, 3.63) is 35.9 Å². The van der Waals surface area contributed by atoms with Gasteiger partial charge in [-0.05, 0) is 51.5 Å². The van der Waals surface area contributed by atoms with Crippen LogP contribution in [0, 0.1) is 5.92 Å². The van der Waals surface area contributed by atoms with Crippen LogP contribution in [0.4, 0.5) is 9.59 Å². The number of carbonyl (C=O) groups excluding carboxylic acids is 4. The number of benzene rings is 1. The molecule has 0 radical (unpaired) electrons. The van der Waals surface area contributed by atoms with E-state index in [9.17, 15) is 24.3 Å². The maximum absolute atomic E-state index is 12.4. The van der Waals surface area contributed by atoms with Gasteiger partial charge in [0.1, 0.15) is 11.7 Å². The van der Waals surface area contributed by atoms with Gasteiger partial charge in [0, 0.05) is 39.1 Å². The predicted octanol–water partition coefficient (Wildman–Crippen LogP) is 2.34. The number of urea groups is 1. The highest BCUT2D eigenvalue weighted by Gasteiger charge is 2.27. The lowest BCUT2D eigenvalue weighted by Gasteiger charge is -2.35. The molecular formula is C27H42N4O6. The third-order valence-corrected chi connectivity index (χ3v) is 6.05. The van der Waals surface area contributed by atoms with Crippen LogP contribution in [0.25, 0.3) is 0 Å². The Morgan fingerprint density at radius 2 is 1.59 bits per heavy atom. The van der Waals surface area contributed by atoms with Gasteiger partial charge >= 0.3 is 12.1 Å². The topological polar surface area (TPSA) is 128 Å². The summed E-state index contributed by atoms with van der Waals surface area (Å²) in [5.41, 5.74) is 0.487. The Bertz CT molecular complexity index is 894. The molecule has 0 spiro atoms. The van der Waals surface area contributed by atoms with Gasteiger partial charge in [0.05, 0.1) is 6.54 Å². The van der Waals surface area contributed by atoms with Crippen molar-refractivity contribution in [1.29, 1.82) is 0 Å². The third kappa shape index (κ3) is 11.6. The average Bonchev–Trinajstić information content (AvgIpc) is 2.85. The molecule has 1 aliphatic heterocycles. The number of rotatable bonds is 11. The number of amides is 4. The highest BCUT2D eigenvalue weighted by Crippen LogP contribution is 2.12. The first-order chi connectivity index (χ1) is 17.4. The minimum absolute atomic E-state index is 0.00224. The van der Waals surface area contributed by atoms with Gasteiger partial charge in [0.2, 0.25) is 5.91 Å². The van der Waals surface area contributed by atoms with Gasteiger partial charge in [0.15, 0.2) is 5.78 Å². The molecule has 2 atom stereocenters. The number of Topliss-reactive ketones (excluding diaryl/α,β-unsaturated/α-hetero) is 1. The zero-order chi connectivity index (χ0) is 27.4. The van der Waals surface area contributed by atoms with Crippen molar-refractivity contribution in [2.24, 2.45) is 5.92 Å². The molecule has 2 rings (SSSR count). The van der Waals surface area contributed by atoms with E-state index in [1.54, 1.807) is 9.80 Å². The van der Waals surface area contributed by atoms with Crippen molar-refractivity contribution in [2.75, 3.05) is 39.3 Å². The molecule has 1 saturated heterocycles. The molecule has 4 amide bonds. The number of aliphatic hydroxyl groups excluding tert-OH is 1. The minimum Gasteiger partial charge on any atom is -0.444 e. The number of aliphatic hydroxyl groups is 1. The monoisotopic (exact) mass is 518 g/mol. The fourth-order valence-electron chi connectivity index (χ4n) is 3.86. The molecule has 1 aliphatic rings. The standard InChI is InChI=1S/C27H42N4O6/c1-20(18-24(34)29-19-23(33)22(32)11-10-21-8-6-5-7-9-21)12-13-28-25(35)30-14-16-31(17-15-30)26(36)37-27(2,3)4/h5-9,20,22,32H,10-19H2,1-4H3,(H,28,35)(H,29,34). The number of aryl methyl sites for hydroxylation is 1. The van der Waals surface area contributed by atoms with Crippen molar-refractivity contribution < 1.29 is 29.0 Å². The number of carbonyl (C=O) groups is 4. The summed E-state index contributed by atoms with van der Waals surface area (Å²) in [6.07, 6.45) is 0.235. The van der Waals surface area contributed by atoms with Crippen molar-refractivity contribution in [1.82, 2.24) is 20.4 Å². The first-order valence-electron chi connectivity index (χ1n) is 13.0. The van der Waals surface area contributed by atoms with Crippen molar-refractivity contribution >= 4 is 23.8 Å². The summed E-state index contributed by atoms with van der Waals surface area (Å²) in [6.45, 7) is 9.25. The quantitative estimate of drug-likeness (QED) is 0.413. The number of nitrogens with zero attached hydrogens (tertiary/aromatic N) is 2. The van der Waals surface area contributed by atoms with Crippen molar-refractivity contribution in [3.8, 4) is 0 Å². The van der Waals surface area contributed by atoms with Gasteiger partial charge in [-0.25, -0.2) is 9.59 Å². The Balaban J connectivity index is 1.57. The predicted molar refractivity (Wildman–Crippen MR) is 140 cm³/mol. The molecule has 0 bridgehead atoms. The fraction of sp³-hybridized carbons (Fsp3) is 0.630. The minimum atomic E-state index is -1.11. The molecule has 10 nitrogen and oxygen atoms in total. The third-order valence-electron chi connectivity index (χ3n) is 6.05. The summed E-state index contributed by atoms with van der Waals surface area (Å²) in [4.78, 5) is 52.2. The molecule has 37 heavy (non-hydrogen) atoms. The van der Waals surface area contributed by atoms with Crippen molar-refractivity contribution in [2.45, 2.75) is 65.1 Å². The Morgan fingerprint density at radius 3 is 2.22 bits per heavy atom. The molecule has 1 aromatic carbocycles. The molecule has 0 aromatic heterocycles. The van der Waals surface area contributed by atoms with Crippen molar-refractivity contribution in [3.63, 3.8) is 0 Å². The molecular weight excluding hydrogens is 476 g/mol. The van der Waals surface area contributed by atoms with Crippen LogP contribution < -0.4 is 10.6 Å². The summed E-state index contributed by atoms with van der Waals surface area (Å²) in [7, 11) is 0. The average molecular weight is 519 g/mol. The van der Waals surface area contributed by atoms with Gasteiger partial charge < -0.3 is 30.3 Å².